The van der Waals surface area contributed by atoms with Crippen LogP contribution in [0.5, 0.6) is 0 Å². The van der Waals surface area contributed by atoms with Gasteiger partial charge in [0, 0.05) is 22.8 Å². The first kappa shape index (κ1) is 19.5. The van der Waals surface area contributed by atoms with Gasteiger partial charge in [0.25, 0.3) is 5.91 Å². The number of aromatic nitrogens is 3. The molecule has 0 aliphatic rings. The third kappa shape index (κ3) is 4.03. The van der Waals surface area contributed by atoms with E-state index in [4.69, 9.17) is 16.1 Å². The molecule has 0 unspecified atom stereocenters. The fourth-order valence-electron chi connectivity index (χ4n) is 2.47. The summed E-state index contributed by atoms with van der Waals surface area (Å²) in [5, 5.41) is 9.96. The van der Waals surface area contributed by atoms with Crippen molar-refractivity contribution < 1.29 is 13.7 Å². The van der Waals surface area contributed by atoms with Crippen molar-refractivity contribution in [3.63, 3.8) is 0 Å². The van der Waals surface area contributed by atoms with Gasteiger partial charge in [-0.05, 0) is 36.4 Å². The van der Waals surface area contributed by atoms with E-state index in [1.807, 2.05) is 0 Å². The molecule has 4 rings (SSSR count). The first-order chi connectivity index (χ1) is 13.1. The number of anilines is 3. The molecule has 2 N–H and O–H groups in total. The summed E-state index contributed by atoms with van der Waals surface area (Å²) < 4.78 is 18.2. The van der Waals surface area contributed by atoms with Gasteiger partial charge in [0.1, 0.15) is 18.0 Å². The van der Waals surface area contributed by atoms with Crippen LogP contribution in [0.3, 0.4) is 0 Å². The first-order valence-electron chi connectivity index (χ1n) is 7.79. The van der Waals surface area contributed by atoms with E-state index in [0.29, 0.717) is 28.1 Å². The van der Waals surface area contributed by atoms with Gasteiger partial charge in [-0.2, -0.15) is 0 Å². The molecule has 2 aromatic heterocycles. The zero-order valence-electron chi connectivity index (χ0n) is 14.0. The van der Waals surface area contributed by atoms with E-state index in [1.54, 1.807) is 24.3 Å². The van der Waals surface area contributed by atoms with Crippen molar-refractivity contribution in [3.05, 3.63) is 71.6 Å². The molecule has 2 heterocycles. The lowest BCUT2D eigenvalue weighted by atomic mass is 10.2. The highest BCUT2D eigenvalue weighted by molar-refractivity contribution is 6.31. The fourth-order valence-corrected chi connectivity index (χ4v) is 2.65. The number of carbonyl (C=O) groups excluding carboxylic acids is 1. The van der Waals surface area contributed by atoms with Gasteiger partial charge in [-0.25, -0.2) is 14.4 Å². The van der Waals surface area contributed by atoms with Crippen molar-refractivity contribution in [1.82, 2.24) is 15.1 Å². The van der Waals surface area contributed by atoms with Crippen LogP contribution in [0, 0.1) is 5.82 Å². The van der Waals surface area contributed by atoms with Crippen molar-refractivity contribution >= 4 is 58.0 Å². The van der Waals surface area contributed by atoms with Crippen molar-refractivity contribution in [1.29, 1.82) is 0 Å². The van der Waals surface area contributed by atoms with E-state index < -0.39 is 11.7 Å². The van der Waals surface area contributed by atoms with Crippen molar-refractivity contribution in [2.75, 3.05) is 10.6 Å². The average Bonchev–Trinajstić information content (AvgIpc) is 3.20. The maximum absolute atomic E-state index is 13.3. The lowest BCUT2D eigenvalue weighted by molar-refractivity contribution is 0.0988. The molecular weight excluding hydrogens is 408 g/mol. The second-order valence-corrected chi connectivity index (χ2v) is 5.95. The average molecular weight is 420 g/mol. The summed E-state index contributed by atoms with van der Waals surface area (Å²) >= 11 is 5.82. The molecule has 0 atom stereocenters. The van der Waals surface area contributed by atoms with Gasteiger partial charge < -0.3 is 15.2 Å². The summed E-state index contributed by atoms with van der Waals surface area (Å²) in [7, 11) is 0. The fraction of sp³-hybridized carbons (Fsp3) is 0. The Balaban J connectivity index is 0.00000225. The highest BCUT2D eigenvalue weighted by Gasteiger charge is 2.12. The SMILES string of the molecule is Cl.O=C(Nc1ccc2ncnc(Nc3ccc(F)c(Cl)c3)c2c1)c1ccno1. The lowest BCUT2D eigenvalue weighted by Gasteiger charge is -2.10. The maximum Gasteiger partial charge on any atom is 0.294 e. The molecule has 7 nitrogen and oxygen atoms in total. The molecule has 0 spiro atoms. The Labute approximate surface area is 169 Å². The number of benzene rings is 2. The van der Waals surface area contributed by atoms with Gasteiger partial charge in [-0.1, -0.05) is 16.8 Å². The quantitative estimate of drug-likeness (QED) is 0.492. The molecule has 0 fully saturated rings. The summed E-state index contributed by atoms with van der Waals surface area (Å²) in [6, 6.07) is 10.9. The third-order valence-corrected chi connectivity index (χ3v) is 4.03. The molecule has 2 aromatic carbocycles. The number of nitrogens with zero attached hydrogens (tertiary/aromatic N) is 3. The Kier molecular flexibility index (Phi) is 5.72. The number of fused-ring (bicyclic) bond motifs is 1. The number of carbonyl (C=O) groups is 1. The summed E-state index contributed by atoms with van der Waals surface area (Å²) in [4.78, 5) is 20.5. The first-order valence-corrected chi connectivity index (χ1v) is 8.17. The normalized spacial score (nSPS) is 10.4. The zero-order valence-corrected chi connectivity index (χ0v) is 15.6. The standard InChI is InChI=1S/C18H11ClFN5O2.ClH/c19-13-8-11(1-3-14(13)20)24-17-12-7-10(2-4-15(12)21-9-22-17)25-18(26)16-5-6-23-27-16;/h1-9H,(H,25,26)(H,21,22,24);1H. The summed E-state index contributed by atoms with van der Waals surface area (Å²) in [6.45, 7) is 0. The molecule has 142 valence electrons. The predicted molar refractivity (Wildman–Crippen MR) is 106 cm³/mol. The van der Waals surface area contributed by atoms with Gasteiger partial charge >= 0.3 is 0 Å². The summed E-state index contributed by atoms with van der Waals surface area (Å²) in [6.07, 6.45) is 2.79. The number of rotatable bonds is 4. The Hall–Kier alpha value is -3.23. The smallest absolute Gasteiger partial charge is 0.294 e. The van der Waals surface area contributed by atoms with Crippen LogP contribution in [0.25, 0.3) is 10.9 Å². The van der Waals surface area contributed by atoms with Crippen LogP contribution < -0.4 is 10.6 Å². The van der Waals surface area contributed by atoms with E-state index in [0.717, 1.165) is 0 Å². The van der Waals surface area contributed by atoms with Crippen LogP contribution in [0.2, 0.25) is 5.02 Å². The van der Waals surface area contributed by atoms with E-state index in [1.165, 1.54) is 30.7 Å². The Morgan fingerprint density at radius 2 is 1.89 bits per heavy atom. The zero-order chi connectivity index (χ0) is 18.8. The second-order valence-electron chi connectivity index (χ2n) is 5.54. The van der Waals surface area contributed by atoms with Gasteiger partial charge in [0.05, 0.1) is 16.7 Å². The molecule has 1 amide bonds. The van der Waals surface area contributed by atoms with Crippen LogP contribution in [0.15, 0.2) is 59.5 Å². The largest absolute Gasteiger partial charge is 0.351 e. The Morgan fingerprint density at radius 1 is 1.07 bits per heavy atom. The van der Waals surface area contributed by atoms with Crippen LogP contribution in [-0.2, 0) is 0 Å². The van der Waals surface area contributed by atoms with E-state index >= 15 is 0 Å². The minimum Gasteiger partial charge on any atom is -0.351 e. The molecule has 0 saturated carbocycles. The number of hydrogen-bond acceptors (Lipinski definition) is 6. The van der Waals surface area contributed by atoms with E-state index in [9.17, 15) is 9.18 Å². The minimum atomic E-state index is -0.507. The maximum atomic E-state index is 13.3. The summed E-state index contributed by atoms with van der Waals surface area (Å²) in [5.41, 5.74) is 1.76. The molecule has 0 bridgehead atoms. The number of hydrogen-bond donors (Lipinski definition) is 2. The number of halogens is 3. The minimum absolute atomic E-state index is 0. The van der Waals surface area contributed by atoms with Gasteiger partial charge in [0.15, 0.2) is 0 Å². The van der Waals surface area contributed by atoms with E-state index in [-0.39, 0.29) is 23.2 Å². The highest BCUT2D eigenvalue weighted by Crippen LogP contribution is 2.27. The van der Waals surface area contributed by atoms with Crippen LogP contribution in [0.4, 0.5) is 21.6 Å². The van der Waals surface area contributed by atoms with Crippen molar-refractivity contribution in [2.24, 2.45) is 0 Å². The molecular formula is C18H12Cl2FN5O2. The van der Waals surface area contributed by atoms with Crippen LogP contribution in [-0.4, -0.2) is 21.0 Å². The van der Waals surface area contributed by atoms with Gasteiger partial charge in [-0.3, -0.25) is 4.79 Å². The topological polar surface area (TPSA) is 92.9 Å². The van der Waals surface area contributed by atoms with Gasteiger partial charge in [0.2, 0.25) is 5.76 Å². The molecule has 4 aromatic rings. The Morgan fingerprint density at radius 3 is 2.64 bits per heavy atom. The molecule has 0 aliphatic carbocycles. The van der Waals surface area contributed by atoms with Crippen LogP contribution in [0.1, 0.15) is 10.6 Å². The number of nitrogens with one attached hydrogen (secondary N) is 2. The van der Waals surface area contributed by atoms with Crippen molar-refractivity contribution in [2.45, 2.75) is 0 Å². The molecule has 0 radical (unpaired) electrons. The third-order valence-electron chi connectivity index (χ3n) is 3.74. The summed E-state index contributed by atoms with van der Waals surface area (Å²) in [5.74, 6) is -0.354. The van der Waals surface area contributed by atoms with E-state index in [2.05, 4.69) is 25.8 Å². The van der Waals surface area contributed by atoms with Gasteiger partial charge in [-0.15, -0.1) is 12.4 Å². The predicted octanol–water partition coefficient (Wildman–Crippen LogP) is 4.83. The molecule has 10 heteroatoms. The highest BCUT2D eigenvalue weighted by atomic mass is 35.5. The monoisotopic (exact) mass is 419 g/mol. The second kappa shape index (κ2) is 8.20. The van der Waals surface area contributed by atoms with Crippen LogP contribution >= 0.6 is 24.0 Å². The molecule has 0 saturated heterocycles. The molecule has 0 aliphatic heterocycles. The number of amides is 1. The lowest BCUT2D eigenvalue weighted by Crippen LogP contribution is -2.10. The molecule has 28 heavy (non-hydrogen) atoms. The van der Waals surface area contributed by atoms with Crippen molar-refractivity contribution in [3.8, 4) is 0 Å². The Bertz CT molecular complexity index is 1140.